The average molecular weight is 367 g/mol. The first kappa shape index (κ1) is 19.4. The third-order valence-corrected chi connectivity index (χ3v) is 5.62. The first-order valence-electron chi connectivity index (χ1n) is 8.48. The normalized spacial score (nSPS) is 15.3. The van der Waals surface area contributed by atoms with Crippen LogP contribution in [0.15, 0.2) is 29.2 Å². The maximum absolute atomic E-state index is 12.1. The molecule has 1 fully saturated rings. The van der Waals surface area contributed by atoms with E-state index in [1.54, 1.807) is 13.8 Å². The molecule has 0 radical (unpaired) electrons. The highest BCUT2D eigenvalue weighted by atomic mass is 32.2. The quantitative estimate of drug-likeness (QED) is 0.673. The van der Waals surface area contributed by atoms with E-state index >= 15 is 0 Å². The van der Waals surface area contributed by atoms with Crippen molar-refractivity contribution in [3.63, 3.8) is 0 Å². The van der Waals surface area contributed by atoms with Crippen molar-refractivity contribution in [3.8, 4) is 0 Å². The van der Waals surface area contributed by atoms with Gasteiger partial charge >= 0.3 is 0 Å². The van der Waals surface area contributed by atoms with Gasteiger partial charge in [-0.15, -0.1) is 0 Å². The molecule has 0 atom stereocenters. The molecule has 0 bridgehead atoms. The number of hydrogen-bond donors (Lipinski definition) is 3. The Labute approximate surface area is 148 Å². The van der Waals surface area contributed by atoms with Gasteiger partial charge in [0.25, 0.3) is 5.91 Å². The second-order valence-corrected chi connectivity index (χ2v) is 8.25. The first-order valence-corrected chi connectivity index (χ1v) is 9.96. The Hall–Kier alpha value is -1.93. The molecular weight excluding hydrogens is 342 g/mol. The molecule has 1 aromatic rings. The molecule has 25 heavy (non-hydrogen) atoms. The highest BCUT2D eigenvalue weighted by Crippen LogP contribution is 2.17. The summed E-state index contributed by atoms with van der Waals surface area (Å²) < 4.78 is 26.6. The SMILES string of the molecule is CC(C)NS(=O)(=O)c1ccc(C(=O)NCC(=O)NC2CCCC2)cc1. The lowest BCUT2D eigenvalue weighted by Gasteiger charge is -2.12. The van der Waals surface area contributed by atoms with Crippen LogP contribution in [0.3, 0.4) is 0 Å². The van der Waals surface area contributed by atoms with E-state index in [-0.39, 0.29) is 29.4 Å². The molecule has 0 unspecified atom stereocenters. The van der Waals surface area contributed by atoms with Crippen LogP contribution >= 0.6 is 0 Å². The monoisotopic (exact) mass is 367 g/mol. The van der Waals surface area contributed by atoms with E-state index in [9.17, 15) is 18.0 Å². The Morgan fingerprint density at radius 3 is 2.28 bits per heavy atom. The number of sulfonamides is 1. The standard InChI is InChI=1S/C17H25N3O4S/c1-12(2)20-25(23,24)15-9-7-13(8-10-15)17(22)18-11-16(21)19-14-5-3-4-6-14/h7-10,12,14,20H,3-6,11H2,1-2H3,(H,18,22)(H,19,21). The van der Waals surface area contributed by atoms with Crippen LogP contribution in [0.4, 0.5) is 0 Å². The fourth-order valence-electron chi connectivity index (χ4n) is 2.78. The van der Waals surface area contributed by atoms with E-state index < -0.39 is 15.9 Å². The van der Waals surface area contributed by atoms with Crippen molar-refractivity contribution in [2.24, 2.45) is 0 Å². The van der Waals surface area contributed by atoms with Crippen molar-refractivity contribution >= 4 is 21.8 Å². The summed E-state index contributed by atoms with van der Waals surface area (Å²) in [4.78, 5) is 24.0. The lowest BCUT2D eigenvalue weighted by Crippen LogP contribution is -2.40. The largest absolute Gasteiger partial charge is 0.352 e. The fraction of sp³-hybridized carbons (Fsp3) is 0.529. The topological polar surface area (TPSA) is 104 Å². The minimum Gasteiger partial charge on any atom is -0.352 e. The number of amides is 2. The second kappa shape index (κ2) is 8.44. The van der Waals surface area contributed by atoms with Crippen LogP contribution < -0.4 is 15.4 Å². The van der Waals surface area contributed by atoms with Crippen LogP contribution in [-0.4, -0.2) is 38.9 Å². The van der Waals surface area contributed by atoms with Gasteiger partial charge in [-0.05, 0) is 51.0 Å². The molecule has 0 aliphatic heterocycles. The Kier molecular flexibility index (Phi) is 6.55. The summed E-state index contributed by atoms with van der Waals surface area (Å²) in [7, 11) is -3.59. The third-order valence-electron chi connectivity index (χ3n) is 3.95. The summed E-state index contributed by atoms with van der Waals surface area (Å²) in [6, 6.07) is 5.60. The molecule has 8 heteroatoms. The molecule has 0 heterocycles. The maximum atomic E-state index is 12.1. The van der Waals surface area contributed by atoms with Crippen LogP contribution in [0, 0.1) is 0 Å². The molecule has 0 aromatic heterocycles. The summed E-state index contributed by atoms with van der Waals surface area (Å²) in [5, 5.41) is 5.44. The van der Waals surface area contributed by atoms with Crippen molar-refractivity contribution in [1.82, 2.24) is 15.4 Å². The second-order valence-electron chi connectivity index (χ2n) is 6.53. The first-order chi connectivity index (χ1) is 11.8. The van der Waals surface area contributed by atoms with Crippen molar-refractivity contribution in [2.45, 2.75) is 56.5 Å². The lowest BCUT2D eigenvalue weighted by atomic mass is 10.2. The summed E-state index contributed by atoms with van der Waals surface area (Å²) in [6.07, 6.45) is 4.22. The number of carbonyl (C=O) groups excluding carboxylic acids is 2. The highest BCUT2D eigenvalue weighted by molar-refractivity contribution is 7.89. The lowest BCUT2D eigenvalue weighted by molar-refractivity contribution is -0.120. The molecule has 1 saturated carbocycles. The van der Waals surface area contributed by atoms with E-state index in [4.69, 9.17) is 0 Å². The molecule has 1 aliphatic carbocycles. The van der Waals surface area contributed by atoms with Gasteiger partial charge in [-0.3, -0.25) is 9.59 Å². The Balaban J connectivity index is 1.88. The van der Waals surface area contributed by atoms with Gasteiger partial charge in [0.15, 0.2) is 0 Å². The average Bonchev–Trinajstić information content (AvgIpc) is 3.04. The molecule has 0 spiro atoms. The minimum atomic E-state index is -3.59. The summed E-state index contributed by atoms with van der Waals surface area (Å²) in [5.41, 5.74) is 0.303. The molecular formula is C17H25N3O4S. The Morgan fingerprint density at radius 2 is 1.72 bits per heavy atom. The van der Waals surface area contributed by atoms with Crippen LogP contribution in [0.5, 0.6) is 0 Å². The van der Waals surface area contributed by atoms with Crippen molar-refractivity contribution < 1.29 is 18.0 Å². The van der Waals surface area contributed by atoms with Crippen LogP contribution in [0.2, 0.25) is 0 Å². The number of carbonyl (C=O) groups is 2. The van der Waals surface area contributed by atoms with Gasteiger partial charge < -0.3 is 10.6 Å². The minimum absolute atomic E-state index is 0.0930. The van der Waals surface area contributed by atoms with Gasteiger partial charge in [0.05, 0.1) is 11.4 Å². The molecule has 2 amide bonds. The van der Waals surface area contributed by atoms with Gasteiger partial charge in [-0.25, -0.2) is 13.1 Å². The van der Waals surface area contributed by atoms with Crippen LogP contribution in [-0.2, 0) is 14.8 Å². The number of hydrogen-bond acceptors (Lipinski definition) is 4. The van der Waals surface area contributed by atoms with E-state index in [1.165, 1.54) is 24.3 Å². The Bertz CT molecular complexity index is 708. The zero-order valence-corrected chi connectivity index (χ0v) is 15.4. The molecule has 1 aliphatic rings. The highest BCUT2D eigenvalue weighted by Gasteiger charge is 2.18. The number of rotatable bonds is 7. The summed E-state index contributed by atoms with van der Waals surface area (Å²) >= 11 is 0. The van der Waals surface area contributed by atoms with Crippen LogP contribution in [0.25, 0.3) is 0 Å². The third kappa shape index (κ3) is 5.82. The van der Waals surface area contributed by atoms with Crippen molar-refractivity contribution in [3.05, 3.63) is 29.8 Å². The molecule has 3 N–H and O–H groups in total. The number of benzene rings is 1. The molecule has 0 saturated heterocycles. The smallest absolute Gasteiger partial charge is 0.251 e. The molecule has 2 rings (SSSR count). The van der Waals surface area contributed by atoms with Gasteiger partial charge in [-0.2, -0.15) is 0 Å². The Morgan fingerprint density at radius 1 is 1.12 bits per heavy atom. The molecule has 7 nitrogen and oxygen atoms in total. The van der Waals surface area contributed by atoms with E-state index in [0.29, 0.717) is 5.56 Å². The summed E-state index contributed by atoms with van der Waals surface area (Å²) in [5.74, 6) is -0.622. The maximum Gasteiger partial charge on any atom is 0.251 e. The number of nitrogens with one attached hydrogen (secondary N) is 3. The predicted octanol–water partition coefficient (Wildman–Crippen LogP) is 1.16. The van der Waals surface area contributed by atoms with Crippen LogP contribution in [0.1, 0.15) is 49.9 Å². The van der Waals surface area contributed by atoms with E-state index in [2.05, 4.69) is 15.4 Å². The zero-order chi connectivity index (χ0) is 18.4. The van der Waals surface area contributed by atoms with E-state index in [1.807, 2.05) is 0 Å². The van der Waals surface area contributed by atoms with Crippen molar-refractivity contribution in [2.75, 3.05) is 6.54 Å². The molecule has 1 aromatic carbocycles. The fourth-order valence-corrected chi connectivity index (χ4v) is 4.03. The van der Waals surface area contributed by atoms with E-state index in [0.717, 1.165) is 25.7 Å². The zero-order valence-electron chi connectivity index (χ0n) is 14.5. The van der Waals surface area contributed by atoms with Gasteiger partial charge in [0.2, 0.25) is 15.9 Å². The summed E-state index contributed by atoms with van der Waals surface area (Å²) in [6.45, 7) is 3.37. The predicted molar refractivity (Wildman–Crippen MR) is 94.6 cm³/mol. The molecule has 138 valence electrons. The van der Waals surface area contributed by atoms with Crippen molar-refractivity contribution in [1.29, 1.82) is 0 Å². The van der Waals surface area contributed by atoms with Gasteiger partial charge in [0, 0.05) is 17.6 Å². The van der Waals surface area contributed by atoms with Gasteiger partial charge in [-0.1, -0.05) is 12.8 Å². The van der Waals surface area contributed by atoms with Gasteiger partial charge in [0.1, 0.15) is 0 Å².